The molecule has 0 saturated heterocycles. The van der Waals surface area contributed by atoms with Gasteiger partial charge in [-0.15, -0.1) is 0 Å². The Bertz CT molecular complexity index is 294. The second-order valence-corrected chi connectivity index (χ2v) is 5.52. The van der Waals surface area contributed by atoms with Gasteiger partial charge in [0.2, 0.25) is 0 Å². The Morgan fingerprint density at radius 3 is 2.39 bits per heavy atom. The van der Waals surface area contributed by atoms with Gasteiger partial charge in [-0.3, -0.25) is 0 Å². The monoisotopic (exact) mass is 248 g/mol. The fraction of sp³-hybridized carbons (Fsp3) is 0.647. The molecule has 1 aromatic rings. The van der Waals surface area contributed by atoms with Gasteiger partial charge in [-0.1, -0.05) is 63.4 Å². The van der Waals surface area contributed by atoms with Crippen molar-refractivity contribution in [1.82, 2.24) is 0 Å². The van der Waals surface area contributed by atoms with Gasteiger partial charge < -0.3 is 5.11 Å². The Labute approximate surface area is 112 Å². The summed E-state index contributed by atoms with van der Waals surface area (Å²) < 4.78 is 0. The third-order valence-electron chi connectivity index (χ3n) is 3.56. The molecule has 0 spiro atoms. The van der Waals surface area contributed by atoms with Crippen molar-refractivity contribution in [3.8, 4) is 0 Å². The highest BCUT2D eigenvalue weighted by molar-refractivity contribution is 5.14. The number of hydrogen-bond acceptors (Lipinski definition) is 1. The Morgan fingerprint density at radius 2 is 1.72 bits per heavy atom. The maximum atomic E-state index is 9.89. The number of hydrogen-bond donors (Lipinski definition) is 1. The summed E-state index contributed by atoms with van der Waals surface area (Å²) in [6.45, 7) is 4.49. The van der Waals surface area contributed by atoms with Gasteiger partial charge in [-0.2, -0.15) is 0 Å². The Hall–Kier alpha value is -0.820. The van der Waals surface area contributed by atoms with Crippen molar-refractivity contribution in [1.29, 1.82) is 0 Å². The van der Waals surface area contributed by atoms with E-state index in [1.54, 1.807) is 0 Å². The molecular weight excluding hydrogens is 220 g/mol. The number of rotatable bonds is 9. The molecule has 1 rings (SSSR count). The zero-order valence-corrected chi connectivity index (χ0v) is 11.9. The van der Waals surface area contributed by atoms with Crippen molar-refractivity contribution in [2.24, 2.45) is 5.92 Å². The second kappa shape index (κ2) is 9.16. The molecule has 18 heavy (non-hydrogen) atoms. The largest absolute Gasteiger partial charge is 0.393 e. The number of benzene rings is 1. The summed E-state index contributed by atoms with van der Waals surface area (Å²) in [4.78, 5) is 0. The molecule has 102 valence electrons. The lowest BCUT2D eigenvalue weighted by Gasteiger charge is -2.15. The van der Waals surface area contributed by atoms with Crippen LogP contribution in [0.5, 0.6) is 0 Å². The molecule has 0 heterocycles. The first kappa shape index (κ1) is 15.2. The fourth-order valence-electron chi connectivity index (χ4n) is 2.37. The smallest absolute Gasteiger partial charge is 0.0540 e. The summed E-state index contributed by atoms with van der Waals surface area (Å²) in [5.74, 6) is 0.660. The fourth-order valence-corrected chi connectivity index (χ4v) is 2.37. The minimum atomic E-state index is -0.0882. The van der Waals surface area contributed by atoms with Gasteiger partial charge in [-0.05, 0) is 37.2 Å². The van der Waals surface area contributed by atoms with Gasteiger partial charge in [0.15, 0.2) is 0 Å². The summed E-state index contributed by atoms with van der Waals surface area (Å²) in [5.41, 5.74) is 1.41. The van der Waals surface area contributed by atoms with E-state index in [1.165, 1.54) is 24.8 Å². The van der Waals surface area contributed by atoms with Gasteiger partial charge in [0.25, 0.3) is 0 Å². The van der Waals surface area contributed by atoms with Crippen LogP contribution < -0.4 is 0 Å². The third kappa shape index (κ3) is 6.80. The third-order valence-corrected chi connectivity index (χ3v) is 3.56. The van der Waals surface area contributed by atoms with E-state index in [-0.39, 0.29) is 6.10 Å². The summed E-state index contributed by atoms with van der Waals surface area (Å²) in [7, 11) is 0. The zero-order valence-electron chi connectivity index (χ0n) is 11.9. The van der Waals surface area contributed by atoms with Gasteiger partial charge in [0, 0.05) is 0 Å². The van der Waals surface area contributed by atoms with Crippen LogP contribution in [-0.4, -0.2) is 11.2 Å². The van der Waals surface area contributed by atoms with Crippen LogP contribution in [0.25, 0.3) is 0 Å². The molecule has 1 heteroatoms. The molecule has 0 aromatic heterocycles. The molecular formula is C17H28O. The molecule has 2 unspecified atom stereocenters. The quantitative estimate of drug-likeness (QED) is 0.634. The molecule has 0 amide bonds. The Morgan fingerprint density at radius 1 is 1.00 bits per heavy atom. The molecule has 0 aliphatic rings. The van der Waals surface area contributed by atoms with E-state index in [0.29, 0.717) is 5.92 Å². The van der Waals surface area contributed by atoms with Crippen molar-refractivity contribution in [3.05, 3.63) is 35.9 Å². The Kier molecular flexibility index (Phi) is 7.75. The first-order valence-electron chi connectivity index (χ1n) is 7.44. The van der Waals surface area contributed by atoms with Crippen molar-refractivity contribution < 1.29 is 5.11 Å². The molecule has 0 saturated carbocycles. The molecule has 0 fully saturated rings. The van der Waals surface area contributed by atoms with E-state index in [4.69, 9.17) is 0 Å². The summed E-state index contributed by atoms with van der Waals surface area (Å²) in [6.07, 6.45) is 7.75. The summed E-state index contributed by atoms with van der Waals surface area (Å²) in [6, 6.07) is 10.6. The molecule has 0 aliphatic heterocycles. The molecule has 1 N–H and O–H groups in total. The van der Waals surface area contributed by atoms with Gasteiger partial charge in [-0.25, -0.2) is 0 Å². The van der Waals surface area contributed by atoms with E-state index in [2.05, 4.69) is 44.2 Å². The minimum absolute atomic E-state index is 0.0882. The van der Waals surface area contributed by atoms with Crippen LogP contribution in [-0.2, 0) is 6.42 Å². The van der Waals surface area contributed by atoms with Crippen LogP contribution in [0.4, 0.5) is 0 Å². The highest BCUT2D eigenvalue weighted by atomic mass is 16.3. The Balaban J connectivity index is 2.14. The number of aliphatic hydroxyl groups excluding tert-OH is 1. The number of aliphatic hydroxyl groups is 1. The second-order valence-electron chi connectivity index (χ2n) is 5.52. The molecule has 0 aliphatic carbocycles. The lowest BCUT2D eigenvalue weighted by Crippen LogP contribution is -2.10. The molecule has 0 radical (unpaired) electrons. The first-order chi connectivity index (χ1) is 8.72. The normalized spacial score (nSPS) is 14.4. The standard InChI is InChI=1S/C17H28O/c1-3-4-6-11-17(18)13-12-15(2)14-16-9-7-5-8-10-16/h5,7-10,15,17-18H,3-4,6,11-14H2,1-2H3. The van der Waals surface area contributed by atoms with E-state index >= 15 is 0 Å². The maximum absolute atomic E-state index is 9.89. The lowest BCUT2D eigenvalue weighted by atomic mass is 9.94. The SMILES string of the molecule is CCCCCC(O)CCC(C)Cc1ccccc1. The van der Waals surface area contributed by atoms with E-state index < -0.39 is 0 Å². The summed E-state index contributed by atoms with van der Waals surface area (Å²) in [5, 5.41) is 9.89. The summed E-state index contributed by atoms with van der Waals surface area (Å²) >= 11 is 0. The van der Waals surface area contributed by atoms with Gasteiger partial charge in [0.1, 0.15) is 0 Å². The number of unbranched alkanes of at least 4 members (excludes halogenated alkanes) is 2. The molecule has 2 atom stereocenters. The maximum Gasteiger partial charge on any atom is 0.0540 e. The van der Waals surface area contributed by atoms with Gasteiger partial charge >= 0.3 is 0 Å². The van der Waals surface area contributed by atoms with E-state index in [0.717, 1.165) is 25.7 Å². The van der Waals surface area contributed by atoms with Crippen molar-refractivity contribution >= 4 is 0 Å². The highest BCUT2D eigenvalue weighted by Crippen LogP contribution is 2.16. The van der Waals surface area contributed by atoms with Crippen LogP contribution >= 0.6 is 0 Å². The molecule has 1 aromatic carbocycles. The topological polar surface area (TPSA) is 20.2 Å². The zero-order chi connectivity index (χ0) is 13.2. The van der Waals surface area contributed by atoms with Crippen molar-refractivity contribution in [2.45, 2.75) is 64.9 Å². The first-order valence-corrected chi connectivity index (χ1v) is 7.44. The minimum Gasteiger partial charge on any atom is -0.393 e. The van der Waals surface area contributed by atoms with Crippen LogP contribution in [0.1, 0.15) is 57.9 Å². The van der Waals surface area contributed by atoms with Crippen molar-refractivity contribution in [3.63, 3.8) is 0 Å². The van der Waals surface area contributed by atoms with Crippen molar-refractivity contribution in [2.75, 3.05) is 0 Å². The van der Waals surface area contributed by atoms with Crippen LogP contribution in [0.2, 0.25) is 0 Å². The lowest BCUT2D eigenvalue weighted by molar-refractivity contribution is 0.142. The molecule has 0 bridgehead atoms. The average Bonchev–Trinajstić information content (AvgIpc) is 2.38. The van der Waals surface area contributed by atoms with Crippen LogP contribution in [0.3, 0.4) is 0 Å². The average molecular weight is 248 g/mol. The predicted molar refractivity (Wildman–Crippen MR) is 78.7 cm³/mol. The predicted octanol–water partition coefficient (Wildman–Crippen LogP) is 4.59. The van der Waals surface area contributed by atoms with Crippen LogP contribution in [0.15, 0.2) is 30.3 Å². The molecule has 1 nitrogen and oxygen atoms in total. The van der Waals surface area contributed by atoms with E-state index in [1.807, 2.05) is 0 Å². The van der Waals surface area contributed by atoms with E-state index in [9.17, 15) is 5.11 Å². The van der Waals surface area contributed by atoms with Gasteiger partial charge in [0.05, 0.1) is 6.10 Å². The highest BCUT2D eigenvalue weighted by Gasteiger charge is 2.08. The van der Waals surface area contributed by atoms with Crippen LogP contribution in [0, 0.1) is 5.92 Å².